The number of nitrogens with two attached hydrogens (primary N) is 1. The predicted octanol–water partition coefficient (Wildman–Crippen LogP) is 5.11. The van der Waals surface area contributed by atoms with Gasteiger partial charge in [-0.2, -0.15) is 0 Å². The molecular weight excluding hydrogens is 329 g/mol. The first-order chi connectivity index (χ1) is 11.1. The van der Waals surface area contributed by atoms with Gasteiger partial charge in [-0.3, -0.25) is 0 Å². The molecule has 3 aromatic carbocycles. The number of guanidine groups is 1. The summed E-state index contributed by atoms with van der Waals surface area (Å²) in [5.74, 6) is 0.401. The number of benzene rings is 3. The topological polar surface area (TPSA) is 41.6 Å². The summed E-state index contributed by atoms with van der Waals surface area (Å²) < 4.78 is 0. The molecule has 0 radical (unpaired) electrons. The van der Waals surface area contributed by atoms with Crippen molar-refractivity contribution < 1.29 is 0 Å². The van der Waals surface area contributed by atoms with Crippen molar-refractivity contribution in [3.05, 3.63) is 70.2 Å². The van der Waals surface area contributed by atoms with Gasteiger partial charge in [-0.15, -0.1) is 0 Å². The van der Waals surface area contributed by atoms with Gasteiger partial charge in [0.1, 0.15) is 0 Å². The summed E-state index contributed by atoms with van der Waals surface area (Å²) in [6.45, 7) is 0.699. The molecule has 0 spiro atoms. The van der Waals surface area contributed by atoms with Crippen LogP contribution in [0.25, 0.3) is 10.8 Å². The lowest BCUT2D eigenvalue weighted by Crippen LogP contribution is -2.34. The molecule has 3 nitrogen and oxygen atoms in total. The van der Waals surface area contributed by atoms with Gasteiger partial charge >= 0.3 is 0 Å². The summed E-state index contributed by atoms with van der Waals surface area (Å²) in [6.07, 6.45) is 0. The van der Waals surface area contributed by atoms with Crippen LogP contribution in [0.15, 0.2) is 59.6 Å². The Morgan fingerprint density at radius 2 is 1.83 bits per heavy atom. The first kappa shape index (κ1) is 14.4. The molecule has 1 aliphatic rings. The van der Waals surface area contributed by atoms with Crippen LogP contribution in [0.5, 0.6) is 0 Å². The van der Waals surface area contributed by atoms with Crippen molar-refractivity contribution in [3.8, 4) is 0 Å². The largest absolute Gasteiger partial charge is 0.369 e. The zero-order valence-electron chi connectivity index (χ0n) is 12.1. The molecule has 0 bridgehead atoms. The number of hydrogen-bond acceptors (Lipinski definition) is 1. The van der Waals surface area contributed by atoms with Crippen LogP contribution in [-0.2, 0) is 6.54 Å². The molecule has 0 saturated carbocycles. The van der Waals surface area contributed by atoms with E-state index in [1.165, 1.54) is 16.3 Å². The zero-order chi connectivity index (χ0) is 16.0. The molecule has 0 aliphatic carbocycles. The Labute approximate surface area is 143 Å². The minimum absolute atomic E-state index is 0.401. The molecule has 4 rings (SSSR count). The van der Waals surface area contributed by atoms with E-state index in [1.54, 1.807) is 18.2 Å². The Balaban J connectivity index is 1.80. The van der Waals surface area contributed by atoms with E-state index in [0.29, 0.717) is 28.2 Å². The number of nitrogens with zero attached hydrogens (tertiary/aromatic N) is 2. The molecule has 2 N–H and O–H groups in total. The lowest BCUT2D eigenvalue weighted by molar-refractivity contribution is 1.04. The van der Waals surface area contributed by atoms with Crippen LogP contribution in [-0.4, -0.2) is 5.96 Å². The van der Waals surface area contributed by atoms with E-state index >= 15 is 0 Å². The van der Waals surface area contributed by atoms with Crippen molar-refractivity contribution in [2.24, 2.45) is 10.7 Å². The summed E-state index contributed by atoms with van der Waals surface area (Å²) >= 11 is 12.2. The number of rotatable bonds is 1. The van der Waals surface area contributed by atoms with Gasteiger partial charge in [-0.1, -0.05) is 53.5 Å². The van der Waals surface area contributed by atoms with Crippen LogP contribution in [0.4, 0.5) is 11.4 Å². The summed E-state index contributed by atoms with van der Waals surface area (Å²) in [5, 5.41) is 3.53. The highest BCUT2D eigenvalue weighted by Gasteiger charge is 2.23. The van der Waals surface area contributed by atoms with Crippen molar-refractivity contribution in [1.29, 1.82) is 0 Å². The Hall–Kier alpha value is -2.23. The molecule has 23 heavy (non-hydrogen) atoms. The lowest BCUT2D eigenvalue weighted by Gasteiger charge is -2.18. The van der Waals surface area contributed by atoms with Gasteiger partial charge in [-0.05, 0) is 35.2 Å². The minimum atomic E-state index is 0.401. The molecule has 0 amide bonds. The maximum atomic E-state index is 6.26. The SMILES string of the molecule is NC(=Nc1cc(Cl)ccc1Cl)N1Cc2cccc3cccc1c23. The fourth-order valence-electron chi connectivity index (χ4n) is 2.97. The molecular formula is C18H13Cl2N3. The Morgan fingerprint density at radius 1 is 1.04 bits per heavy atom. The van der Waals surface area contributed by atoms with Gasteiger partial charge in [0, 0.05) is 10.4 Å². The highest BCUT2D eigenvalue weighted by Crippen LogP contribution is 2.37. The van der Waals surface area contributed by atoms with Gasteiger partial charge in [0.05, 0.1) is 22.9 Å². The van der Waals surface area contributed by atoms with E-state index in [9.17, 15) is 0 Å². The third-order valence-electron chi connectivity index (χ3n) is 4.01. The smallest absolute Gasteiger partial charge is 0.201 e. The van der Waals surface area contributed by atoms with Crippen molar-refractivity contribution in [3.63, 3.8) is 0 Å². The van der Waals surface area contributed by atoms with E-state index in [2.05, 4.69) is 35.3 Å². The number of aliphatic imine (C=N–C) groups is 1. The third kappa shape index (κ3) is 2.42. The summed E-state index contributed by atoms with van der Waals surface area (Å²) in [4.78, 5) is 6.47. The van der Waals surface area contributed by atoms with E-state index in [4.69, 9.17) is 28.9 Å². The monoisotopic (exact) mass is 341 g/mol. The summed E-state index contributed by atoms with van der Waals surface area (Å²) in [7, 11) is 0. The van der Waals surface area contributed by atoms with Crippen molar-refractivity contribution in [1.82, 2.24) is 0 Å². The number of anilines is 1. The minimum Gasteiger partial charge on any atom is -0.369 e. The van der Waals surface area contributed by atoms with Crippen LogP contribution >= 0.6 is 23.2 Å². The third-order valence-corrected chi connectivity index (χ3v) is 4.56. The summed E-state index contributed by atoms with van der Waals surface area (Å²) in [5.41, 5.74) is 9.14. The van der Waals surface area contributed by atoms with Crippen molar-refractivity contribution in [2.45, 2.75) is 6.54 Å². The predicted molar refractivity (Wildman–Crippen MR) is 97.9 cm³/mol. The van der Waals surface area contributed by atoms with Gasteiger partial charge in [0.2, 0.25) is 5.96 Å². The molecule has 1 aliphatic heterocycles. The van der Waals surface area contributed by atoms with Crippen LogP contribution < -0.4 is 10.6 Å². The van der Waals surface area contributed by atoms with Gasteiger partial charge in [0.25, 0.3) is 0 Å². The second kappa shape index (κ2) is 5.44. The molecule has 1 heterocycles. The maximum absolute atomic E-state index is 6.26. The van der Waals surface area contributed by atoms with Crippen LogP contribution in [0.2, 0.25) is 10.0 Å². The lowest BCUT2D eigenvalue weighted by atomic mass is 10.1. The molecule has 0 atom stereocenters. The van der Waals surface area contributed by atoms with Crippen molar-refractivity contribution in [2.75, 3.05) is 4.90 Å². The first-order valence-corrected chi connectivity index (χ1v) is 7.96. The van der Waals surface area contributed by atoms with Crippen molar-refractivity contribution >= 4 is 51.3 Å². The maximum Gasteiger partial charge on any atom is 0.201 e. The Kier molecular flexibility index (Phi) is 3.40. The molecule has 0 unspecified atom stereocenters. The quantitative estimate of drug-likeness (QED) is 0.493. The van der Waals surface area contributed by atoms with Crippen LogP contribution in [0, 0.1) is 0 Å². The normalized spacial score (nSPS) is 13.8. The Morgan fingerprint density at radius 3 is 2.65 bits per heavy atom. The zero-order valence-corrected chi connectivity index (χ0v) is 13.6. The first-order valence-electron chi connectivity index (χ1n) is 7.21. The summed E-state index contributed by atoms with van der Waals surface area (Å²) in [6, 6.07) is 17.6. The van der Waals surface area contributed by atoms with E-state index in [1.807, 2.05) is 11.0 Å². The fourth-order valence-corrected chi connectivity index (χ4v) is 3.30. The second-order valence-electron chi connectivity index (χ2n) is 5.44. The highest BCUT2D eigenvalue weighted by molar-refractivity contribution is 6.35. The highest BCUT2D eigenvalue weighted by atomic mass is 35.5. The molecule has 0 saturated heterocycles. The molecule has 114 valence electrons. The number of hydrogen-bond donors (Lipinski definition) is 1. The average Bonchev–Trinajstić information content (AvgIpc) is 2.92. The van der Waals surface area contributed by atoms with E-state index in [-0.39, 0.29) is 0 Å². The molecule has 0 fully saturated rings. The average molecular weight is 342 g/mol. The van der Waals surface area contributed by atoms with Gasteiger partial charge < -0.3 is 10.6 Å². The number of halogens is 2. The van der Waals surface area contributed by atoms with E-state index in [0.717, 1.165) is 5.69 Å². The second-order valence-corrected chi connectivity index (χ2v) is 6.29. The van der Waals surface area contributed by atoms with Crippen LogP contribution in [0.3, 0.4) is 0 Å². The molecule has 3 aromatic rings. The van der Waals surface area contributed by atoms with E-state index < -0.39 is 0 Å². The Bertz CT molecular complexity index is 945. The molecule has 0 aromatic heterocycles. The van der Waals surface area contributed by atoms with Crippen LogP contribution in [0.1, 0.15) is 5.56 Å². The van der Waals surface area contributed by atoms with Gasteiger partial charge in [-0.25, -0.2) is 4.99 Å². The van der Waals surface area contributed by atoms with Gasteiger partial charge in [0.15, 0.2) is 0 Å². The fraction of sp³-hybridized carbons (Fsp3) is 0.0556. The molecule has 5 heteroatoms. The standard InChI is InChI=1S/C18H13Cl2N3/c19-13-7-8-14(20)15(9-13)22-18(21)23-10-12-5-1-3-11-4-2-6-16(23)17(11)12/h1-9H,10H2,(H2,21,22).